The highest BCUT2D eigenvalue weighted by Gasteiger charge is 2.28. The van der Waals surface area contributed by atoms with E-state index >= 15 is 0 Å². The fourth-order valence-corrected chi connectivity index (χ4v) is 3.13. The van der Waals surface area contributed by atoms with Gasteiger partial charge in [0, 0.05) is 18.9 Å². The highest BCUT2D eigenvalue weighted by molar-refractivity contribution is 7.57. The highest BCUT2D eigenvalue weighted by Crippen LogP contribution is 2.45. The molecule has 2 unspecified atom stereocenters. The number of hydrogen-bond acceptors (Lipinski definition) is 4. The molecule has 0 aliphatic carbocycles. The van der Waals surface area contributed by atoms with E-state index in [1.165, 1.54) is 11.7 Å². The lowest BCUT2D eigenvalue weighted by Crippen LogP contribution is -2.27. The number of rotatable bonds is 7. The monoisotopic (exact) mass is 264 g/mol. The minimum absolute atomic E-state index is 0.0496. The van der Waals surface area contributed by atoms with Crippen LogP contribution in [0.3, 0.4) is 0 Å². The fourth-order valence-electron chi connectivity index (χ4n) is 1.87. The van der Waals surface area contributed by atoms with Gasteiger partial charge in [0.25, 0.3) is 0 Å². The van der Waals surface area contributed by atoms with Gasteiger partial charge >= 0.3 is 0 Å². The topological polar surface area (TPSA) is 92.9 Å². The summed E-state index contributed by atoms with van der Waals surface area (Å²) in [5.74, 6) is -0.0496. The van der Waals surface area contributed by atoms with Crippen molar-refractivity contribution >= 4 is 13.3 Å². The minimum Gasteiger partial charge on any atom is -0.344 e. The number of carbonyl (C=O) groups is 1. The fraction of sp³-hybridized carbons (Fsp3) is 0.900. The van der Waals surface area contributed by atoms with E-state index in [0.29, 0.717) is 39.0 Å². The number of nitrogens with zero attached hydrogens (tertiary/aromatic N) is 1. The maximum Gasteiger partial charge on any atom is 0.248 e. The summed E-state index contributed by atoms with van der Waals surface area (Å²) < 4.78 is 11.7. The molecule has 6 nitrogen and oxygen atoms in total. The first-order chi connectivity index (χ1) is 7.95. The SMILES string of the molecule is CP(=O)(O)C(CCCN)CCN1OCCC1=O. The van der Waals surface area contributed by atoms with E-state index in [-0.39, 0.29) is 11.6 Å². The predicted octanol–water partition coefficient (Wildman–Crippen LogP) is 0.548. The van der Waals surface area contributed by atoms with Crippen LogP contribution in [0.15, 0.2) is 0 Å². The van der Waals surface area contributed by atoms with Gasteiger partial charge in [-0.05, 0) is 25.8 Å². The van der Waals surface area contributed by atoms with Gasteiger partial charge in [-0.3, -0.25) is 14.2 Å². The molecule has 1 saturated heterocycles. The molecule has 17 heavy (non-hydrogen) atoms. The molecule has 0 radical (unpaired) electrons. The minimum atomic E-state index is -3.13. The Hall–Kier alpha value is -0.420. The summed E-state index contributed by atoms with van der Waals surface area (Å²) in [5.41, 5.74) is 5.10. The van der Waals surface area contributed by atoms with Crippen LogP contribution in [0.25, 0.3) is 0 Å². The predicted molar refractivity (Wildman–Crippen MR) is 64.7 cm³/mol. The molecule has 1 aliphatic rings. The maximum atomic E-state index is 11.7. The third kappa shape index (κ3) is 4.76. The zero-order chi connectivity index (χ0) is 12.9. The first kappa shape index (κ1) is 14.6. The Morgan fingerprint density at radius 3 is 2.76 bits per heavy atom. The molecule has 1 heterocycles. The second-order valence-electron chi connectivity index (χ2n) is 4.40. The summed E-state index contributed by atoms with van der Waals surface area (Å²) in [4.78, 5) is 26.0. The molecule has 100 valence electrons. The van der Waals surface area contributed by atoms with Crippen LogP contribution in [0.5, 0.6) is 0 Å². The molecule has 0 aromatic carbocycles. The Balaban J connectivity index is 2.43. The van der Waals surface area contributed by atoms with Gasteiger partial charge in [0.05, 0.1) is 13.0 Å². The van der Waals surface area contributed by atoms with Crippen LogP contribution in [0, 0.1) is 0 Å². The van der Waals surface area contributed by atoms with E-state index in [1.54, 1.807) is 0 Å². The summed E-state index contributed by atoms with van der Waals surface area (Å²) in [6.07, 6.45) is 2.22. The first-order valence-electron chi connectivity index (χ1n) is 5.88. The van der Waals surface area contributed by atoms with Crippen LogP contribution in [-0.4, -0.2) is 47.9 Å². The second-order valence-corrected chi connectivity index (χ2v) is 7.01. The van der Waals surface area contributed by atoms with E-state index < -0.39 is 7.37 Å². The van der Waals surface area contributed by atoms with Gasteiger partial charge in [0.1, 0.15) is 0 Å². The molecule has 0 aromatic rings. The van der Waals surface area contributed by atoms with Crippen molar-refractivity contribution in [2.45, 2.75) is 31.3 Å². The Labute approximate surface area is 102 Å². The third-order valence-electron chi connectivity index (χ3n) is 2.93. The van der Waals surface area contributed by atoms with E-state index in [1.807, 2.05) is 0 Å². The van der Waals surface area contributed by atoms with Crippen molar-refractivity contribution in [3.05, 3.63) is 0 Å². The molecule has 1 rings (SSSR count). The van der Waals surface area contributed by atoms with Crippen LogP contribution in [-0.2, 0) is 14.2 Å². The largest absolute Gasteiger partial charge is 0.344 e. The van der Waals surface area contributed by atoms with Gasteiger partial charge in [0.15, 0.2) is 0 Å². The molecular weight excluding hydrogens is 243 g/mol. The van der Waals surface area contributed by atoms with Gasteiger partial charge < -0.3 is 10.6 Å². The summed E-state index contributed by atoms with van der Waals surface area (Å²) >= 11 is 0. The molecular formula is C10H21N2O4P. The Bertz CT molecular complexity index is 305. The van der Waals surface area contributed by atoms with Gasteiger partial charge in [-0.1, -0.05) is 0 Å². The molecule has 1 amide bonds. The summed E-state index contributed by atoms with van der Waals surface area (Å²) in [5, 5.41) is 1.30. The standard InChI is InChI=1S/C10H21N2O4P/c1-17(14,15)9(3-2-6-11)4-7-12-10(13)5-8-16-12/h9H,2-8,11H2,1H3,(H,14,15). The third-order valence-corrected chi connectivity index (χ3v) is 4.80. The molecule has 1 fully saturated rings. The molecule has 7 heteroatoms. The second kappa shape index (κ2) is 6.50. The van der Waals surface area contributed by atoms with Crippen LogP contribution in [0.4, 0.5) is 0 Å². The lowest BCUT2D eigenvalue weighted by Gasteiger charge is -2.22. The summed E-state index contributed by atoms with van der Waals surface area (Å²) in [7, 11) is -3.13. The Morgan fingerprint density at radius 2 is 2.29 bits per heavy atom. The Kier molecular flexibility index (Phi) is 5.59. The van der Waals surface area contributed by atoms with Gasteiger partial charge in [-0.2, -0.15) is 0 Å². The van der Waals surface area contributed by atoms with E-state index in [9.17, 15) is 14.3 Å². The average molecular weight is 264 g/mol. The average Bonchev–Trinajstić information content (AvgIpc) is 2.62. The van der Waals surface area contributed by atoms with E-state index in [2.05, 4.69) is 0 Å². The number of hydrogen-bond donors (Lipinski definition) is 2. The molecule has 0 aromatic heterocycles. The number of carbonyl (C=O) groups excluding carboxylic acids is 1. The van der Waals surface area contributed by atoms with Gasteiger partial charge in [-0.25, -0.2) is 5.06 Å². The van der Waals surface area contributed by atoms with Gasteiger partial charge in [-0.15, -0.1) is 0 Å². The quantitative estimate of drug-likeness (QED) is 0.655. The lowest BCUT2D eigenvalue weighted by molar-refractivity contribution is -0.161. The van der Waals surface area contributed by atoms with Crippen molar-refractivity contribution in [3.8, 4) is 0 Å². The lowest BCUT2D eigenvalue weighted by atomic mass is 10.2. The zero-order valence-electron chi connectivity index (χ0n) is 10.2. The van der Waals surface area contributed by atoms with Crippen LogP contribution in [0.1, 0.15) is 25.7 Å². The van der Waals surface area contributed by atoms with Gasteiger partial charge in [0.2, 0.25) is 13.3 Å². The van der Waals surface area contributed by atoms with Crippen molar-refractivity contribution in [1.82, 2.24) is 5.06 Å². The number of hydroxylamine groups is 2. The summed E-state index contributed by atoms with van der Waals surface area (Å²) in [6.45, 7) is 2.66. The van der Waals surface area contributed by atoms with Crippen LogP contribution >= 0.6 is 7.37 Å². The highest BCUT2D eigenvalue weighted by atomic mass is 31.2. The normalized spacial score (nSPS) is 21.6. The van der Waals surface area contributed by atoms with Crippen LogP contribution < -0.4 is 5.73 Å². The molecule has 0 bridgehead atoms. The first-order valence-corrected chi connectivity index (χ1v) is 8.06. The van der Waals surface area contributed by atoms with E-state index in [4.69, 9.17) is 10.6 Å². The Morgan fingerprint density at radius 1 is 1.59 bits per heavy atom. The molecule has 0 saturated carbocycles. The molecule has 0 spiro atoms. The van der Waals surface area contributed by atoms with Crippen molar-refractivity contribution in [2.75, 3.05) is 26.4 Å². The molecule has 3 N–H and O–H groups in total. The van der Waals surface area contributed by atoms with Crippen molar-refractivity contribution in [2.24, 2.45) is 5.73 Å². The molecule has 2 atom stereocenters. The van der Waals surface area contributed by atoms with Crippen LogP contribution in [0.2, 0.25) is 0 Å². The van der Waals surface area contributed by atoms with Crippen molar-refractivity contribution < 1.29 is 19.1 Å². The zero-order valence-corrected chi connectivity index (χ0v) is 11.1. The number of amides is 1. The smallest absolute Gasteiger partial charge is 0.248 e. The van der Waals surface area contributed by atoms with Crippen molar-refractivity contribution in [3.63, 3.8) is 0 Å². The number of nitrogens with two attached hydrogens (primary N) is 1. The van der Waals surface area contributed by atoms with Crippen molar-refractivity contribution in [1.29, 1.82) is 0 Å². The summed E-state index contributed by atoms with van der Waals surface area (Å²) in [6, 6.07) is 0. The molecule has 1 aliphatic heterocycles. The van der Waals surface area contributed by atoms with E-state index in [0.717, 1.165) is 6.42 Å². The maximum absolute atomic E-state index is 11.7.